The molecular weight excluding hydrogens is 344 g/mol. The topological polar surface area (TPSA) is 81.8 Å². The van der Waals surface area contributed by atoms with Crippen molar-refractivity contribution in [2.75, 3.05) is 0 Å². The third-order valence-electron chi connectivity index (χ3n) is 4.47. The van der Waals surface area contributed by atoms with Crippen molar-refractivity contribution in [1.82, 2.24) is 0 Å². The first kappa shape index (κ1) is 16.7. The van der Waals surface area contributed by atoms with Crippen molar-refractivity contribution in [3.63, 3.8) is 0 Å². The fourth-order valence-corrected chi connectivity index (χ4v) is 3.10. The average molecular weight is 358 g/mol. The van der Waals surface area contributed by atoms with Gasteiger partial charge in [0.1, 0.15) is 0 Å². The Balaban J connectivity index is 1.79. The number of carbonyl (C=O) groups is 1. The van der Waals surface area contributed by atoms with Gasteiger partial charge in [-0.05, 0) is 35.4 Å². The van der Waals surface area contributed by atoms with E-state index in [2.05, 4.69) is 4.99 Å². The van der Waals surface area contributed by atoms with Crippen molar-refractivity contribution < 1.29 is 14.5 Å². The zero-order valence-electron chi connectivity index (χ0n) is 14.4. The molecule has 3 aromatic carbocycles. The molecule has 0 spiro atoms. The Kier molecular flexibility index (Phi) is 4.01. The second kappa shape index (κ2) is 6.49. The van der Waals surface area contributed by atoms with Gasteiger partial charge >= 0.3 is 5.97 Å². The first-order valence-electron chi connectivity index (χ1n) is 8.29. The molecular formula is C21H14N2O4. The predicted octanol–water partition coefficient (Wildman–Crippen LogP) is 4.40. The van der Waals surface area contributed by atoms with E-state index in [4.69, 9.17) is 4.74 Å². The number of benzene rings is 3. The first-order valence-corrected chi connectivity index (χ1v) is 8.29. The molecule has 0 atom stereocenters. The number of nitro benzene ring substituents is 1. The van der Waals surface area contributed by atoms with Gasteiger partial charge in [0.25, 0.3) is 5.69 Å². The van der Waals surface area contributed by atoms with E-state index in [1.54, 1.807) is 25.1 Å². The average Bonchev–Trinajstić information content (AvgIpc) is 3.02. The molecule has 0 aromatic heterocycles. The summed E-state index contributed by atoms with van der Waals surface area (Å²) in [5.41, 5.74) is 1.80. The summed E-state index contributed by atoms with van der Waals surface area (Å²) in [7, 11) is 0. The molecule has 0 N–H and O–H groups in total. The normalized spacial score (nSPS) is 15.1. The van der Waals surface area contributed by atoms with Crippen LogP contribution in [0.4, 0.5) is 5.69 Å². The SMILES string of the molecule is Cc1c(C2=N/C(=C/c3cccc4ccccc34)C(=O)O2)cccc1[N+](=O)[O-]. The van der Waals surface area contributed by atoms with Crippen molar-refractivity contribution >= 4 is 34.4 Å². The molecule has 4 rings (SSSR count). The number of cyclic esters (lactones) is 1. The lowest BCUT2D eigenvalue weighted by Gasteiger charge is -2.04. The van der Waals surface area contributed by atoms with Gasteiger partial charge in [0, 0.05) is 17.2 Å². The Labute approximate surface area is 154 Å². The Bertz CT molecular complexity index is 1160. The maximum Gasteiger partial charge on any atom is 0.363 e. The van der Waals surface area contributed by atoms with Crippen LogP contribution >= 0.6 is 0 Å². The van der Waals surface area contributed by atoms with Gasteiger partial charge in [0.05, 0.1) is 4.92 Å². The third-order valence-corrected chi connectivity index (χ3v) is 4.47. The second-order valence-corrected chi connectivity index (χ2v) is 6.11. The minimum Gasteiger partial charge on any atom is -0.402 e. The van der Waals surface area contributed by atoms with Crippen LogP contribution in [0.3, 0.4) is 0 Å². The van der Waals surface area contributed by atoms with Crippen LogP contribution in [0.15, 0.2) is 71.4 Å². The van der Waals surface area contributed by atoms with Gasteiger partial charge in [-0.25, -0.2) is 9.79 Å². The van der Waals surface area contributed by atoms with E-state index in [0.29, 0.717) is 11.1 Å². The first-order chi connectivity index (χ1) is 13.0. The molecule has 1 aliphatic heterocycles. The molecule has 1 heterocycles. The summed E-state index contributed by atoms with van der Waals surface area (Å²) in [5.74, 6) is -0.503. The van der Waals surface area contributed by atoms with Crippen LogP contribution in [0.5, 0.6) is 0 Å². The number of hydrogen-bond donors (Lipinski definition) is 0. The van der Waals surface area contributed by atoms with E-state index in [9.17, 15) is 14.9 Å². The molecule has 27 heavy (non-hydrogen) atoms. The standard InChI is InChI=1S/C21H14N2O4/c1-13-16(10-5-11-19(13)23(25)26)20-22-18(21(24)27-20)12-15-8-4-7-14-6-2-3-9-17(14)15/h2-12H,1H3/b18-12+. The molecule has 0 aliphatic carbocycles. The number of aliphatic imine (C=N–C) groups is 1. The monoisotopic (exact) mass is 358 g/mol. The number of hydrogen-bond acceptors (Lipinski definition) is 5. The molecule has 0 saturated heterocycles. The Morgan fingerprint density at radius 2 is 1.78 bits per heavy atom. The lowest BCUT2D eigenvalue weighted by molar-refractivity contribution is -0.385. The Hall–Kier alpha value is -3.80. The molecule has 6 heteroatoms. The predicted molar refractivity (Wildman–Crippen MR) is 102 cm³/mol. The zero-order valence-corrected chi connectivity index (χ0v) is 14.4. The van der Waals surface area contributed by atoms with Crippen molar-refractivity contribution in [3.05, 3.63) is 93.2 Å². The van der Waals surface area contributed by atoms with Crippen LogP contribution in [0, 0.1) is 17.0 Å². The smallest absolute Gasteiger partial charge is 0.363 e. The highest BCUT2D eigenvalue weighted by Gasteiger charge is 2.27. The van der Waals surface area contributed by atoms with Gasteiger partial charge in [-0.3, -0.25) is 10.1 Å². The van der Waals surface area contributed by atoms with Gasteiger partial charge in [-0.1, -0.05) is 48.5 Å². The molecule has 0 fully saturated rings. The fourth-order valence-electron chi connectivity index (χ4n) is 3.10. The summed E-state index contributed by atoms with van der Waals surface area (Å²) < 4.78 is 5.28. The summed E-state index contributed by atoms with van der Waals surface area (Å²) in [6.07, 6.45) is 1.67. The van der Waals surface area contributed by atoms with Gasteiger partial charge in [0.15, 0.2) is 5.70 Å². The number of nitro groups is 1. The number of rotatable bonds is 3. The van der Waals surface area contributed by atoms with E-state index in [0.717, 1.165) is 16.3 Å². The molecule has 0 saturated carbocycles. The fraction of sp³-hybridized carbons (Fsp3) is 0.0476. The lowest BCUT2D eigenvalue weighted by Crippen LogP contribution is -2.08. The van der Waals surface area contributed by atoms with Crippen LogP contribution in [-0.4, -0.2) is 16.8 Å². The minimum absolute atomic E-state index is 0.0438. The molecule has 0 radical (unpaired) electrons. The van der Waals surface area contributed by atoms with Crippen LogP contribution in [0.25, 0.3) is 16.8 Å². The summed E-state index contributed by atoms with van der Waals surface area (Å²) in [4.78, 5) is 27.2. The van der Waals surface area contributed by atoms with E-state index < -0.39 is 10.9 Å². The number of esters is 1. The van der Waals surface area contributed by atoms with Crippen molar-refractivity contribution in [3.8, 4) is 0 Å². The Morgan fingerprint density at radius 1 is 1.04 bits per heavy atom. The van der Waals surface area contributed by atoms with E-state index in [1.165, 1.54) is 6.07 Å². The quantitative estimate of drug-likeness (QED) is 0.301. The highest BCUT2D eigenvalue weighted by Crippen LogP contribution is 2.27. The third kappa shape index (κ3) is 2.97. The summed E-state index contributed by atoms with van der Waals surface area (Å²) >= 11 is 0. The molecule has 132 valence electrons. The van der Waals surface area contributed by atoms with Gasteiger partial charge < -0.3 is 4.74 Å². The number of ether oxygens (including phenoxy) is 1. The van der Waals surface area contributed by atoms with Gasteiger partial charge in [-0.15, -0.1) is 0 Å². The summed E-state index contributed by atoms with van der Waals surface area (Å²) in [6, 6.07) is 18.2. The molecule has 0 bridgehead atoms. The van der Waals surface area contributed by atoms with Crippen LogP contribution in [0.2, 0.25) is 0 Å². The van der Waals surface area contributed by atoms with Gasteiger partial charge in [-0.2, -0.15) is 0 Å². The van der Waals surface area contributed by atoms with Crippen molar-refractivity contribution in [2.45, 2.75) is 6.92 Å². The highest BCUT2D eigenvalue weighted by molar-refractivity contribution is 6.14. The summed E-state index contributed by atoms with van der Waals surface area (Å²) in [5, 5.41) is 13.2. The number of nitrogens with zero attached hydrogens (tertiary/aromatic N) is 2. The highest BCUT2D eigenvalue weighted by atomic mass is 16.6. The number of carbonyl (C=O) groups excluding carboxylic acids is 1. The lowest BCUT2D eigenvalue weighted by atomic mass is 10.0. The van der Waals surface area contributed by atoms with E-state index in [-0.39, 0.29) is 17.3 Å². The van der Waals surface area contributed by atoms with Crippen molar-refractivity contribution in [1.29, 1.82) is 0 Å². The maximum atomic E-state index is 12.3. The molecule has 0 unspecified atom stereocenters. The molecule has 1 aliphatic rings. The molecule has 0 amide bonds. The minimum atomic E-state index is -0.580. The van der Waals surface area contributed by atoms with E-state index >= 15 is 0 Å². The van der Waals surface area contributed by atoms with Crippen LogP contribution in [0.1, 0.15) is 16.7 Å². The zero-order chi connectivity index (χ0) is 19.0. The molecule has 6 nitrogen and oxygen atoms in total. The van der Waals surface area contributed by atoms with Crippen LogP contribution in [-0.2, 0) is 9.53 Å². The molecule has 3 aromatic rings. The Morgan fingerprint density at radius 3 is 2.59 bits per heavy atom. The number of fused-ring (bicyclic) bond motifs is 1. The maximum absolute atomic E-state index is 12.3. The van der Waals surface area contributed by atoms with Crippen molar-refractivity contribution in [2.24, 2.45) is 4.99 Å². The van der Waals surface area contributed by atoms with Gasteiger partial charge in [0.2, 0.25) is 5.90 Å². The van der Waals surface area contributed by atoms with Crippen LogP contribution < -0.4 is 0 Å². The summed E-state index contributed by atoms with van der Waals surface area (Å²) in [6.45, 7) is 1.61. The second-order valence-electron chi connectivity index (χ2n) is 6.11. The van der Waals surface area contributed by atoms with E-state index in [1.807, 2.05) is 42.5 Å². The largest absolute Gasteiger partial charge is 0.402 e.